The minimum absolute atomic E-state index is 0.105. The quantitative estimate of drug-likeness (QED) is 0.780. The zero-order valence-electron chi connectivity index (χ0n) is 17.5. The summed E-state index contributed by atoms with van der Waals surface area (Å²) in [5, 5.41) is 4.62. The summed E-state index contributed by atoms with van der Waals surface area (Å²) in [5.74, 6) is 1.57. The Hall–Kier alpha value is -2.28. The number of piperidine rings is 1. The molecule has 0 spiro atoms. The summed E-state index contributed by atoms with van der Waals surface area (Å²) in [7, 11) is 4.08. The third-order valence-electron chi connectivity index (χ3n) is 6.84. The fourth-order valence-electron chi connectivity index (χ4n) is 5.07. The van der Waals surface area contributed by atoms with Gasteiger partial charge in [-0.2, -0.15) is 5.10 Å². The Morgan fingerprint density at radius 3 is 2.66 bits per heavy atom. The van der Waals surface area contributed by atoms with Crippen molar-refractivity contribution in [2.45, 2.75) is 57.4 Å². The molecule has 2 aromatic rings. The van der Waals surface area contributed by atoms with Crippen molar-refractivity contribution in [3.63, 3.8) is 0 Å². The lowest BCUT2D eigenvalue weighted by molar-refractivity contribution is 0.0720. The lowest BCUT2D eigenvalue weighted by Crippen LogP contribution is -2.38. The molecule has 0 unspecified atom stereocenters. The van der Waals surface area contributed by atoms with Crippen LogP contribution in [0.15, 0.2) is 6.20 Å². The zero-order valence-corrected chi connectivity index (χ0v) is 17.5. The molecular weight excluding hydrogens is 364 g/mol. The molecule has 2 aliphatic heterocycles. The van der Waals surface area contributed by atoms with Crippen LogP contribution in [0.3, 0.4) is 0 Å². The lowest BCUT2D eigenvalue weighted by atomic mass is 9.95. The van der Waals surface area contributed by atoms with Gasteiger partial charge in [-0.1, -0.05) is 0 Å². The first-order valence-corrected chi connectivity index (χ1v) is 11.0. The number of hydrogen-bond acceptors (Lipinski definition) is 5. The Kier molecular flexibility index (Phi) is 4.86. The molecule has 0 aromatic carbocycles. The van der Waals surface area contributed by atoms with E-state index < -0.39 is 0 Å². The summed E-state index contributed by atoms with van der Waals surface area (Å²) in [6, 6.07) is 0. The molecule has 0 bridgehead atoms. The first-order valence-electron chi connectivity index (χ1n) is 11.0. The molecule has 1 aliphatic carbocycles. The summed E-state index contributed by atoms with van der Waals surface area (Å²) >= 11 is 0. The van der Waals surface area contributed by atoms with E-state index in [1.54, 1.807) is 4.68 Å². The number of aromatic nitrogens is 4. The Morgan fingerprint density at radius 2 is 1.83 bits per heavy atom. The summed E-state index contributed by atoms with van der Waals surface area (Å²) in [6.45, 7) is 3.54. The Labute approximate surface area is 172 Å². The molecule has 1 amide bonds. The van der Waals surface area contributed by atoms with E-state index in [9.17, 15) is 4.79 Å². The number of carbonyl (C=O) groups is 1. The number of rotatable bonds is 2. The average molecular weight is 395 g/mol. The molecule has 5 rings (SSSR count). The van der Waals surface area contributed by atoms with E-state index >= 15 is 0 Å². The van der Waals surface area contributed by atoms with E-state index in [1.165, 1.54) is 12.0 Å². The number of nitrogens with zero attached hydrogens (tertiary/aromatic N) is 6. The highest BCUT2D eigenvalue weighted by Crippen LogP contribution is 2.28. The normalized spacial score (nSPS) is 20.4. The second-order valence-corrected chi connectivity index (χ2v) is 8.86. The molecule has 3 aliphatic rings. The van der Waals surface area contributed by atoms with Gasteiger partial charge in [0.15, 0.2) is 0 Å². The van der Waals surface area contributed by atoms with Gasteiger partial charge < -0.3 is 9.80 Å². The van der Waals surface area contributed by atoms with Gasteiger partial charge in [-0.25, -0.2) is 9.97 Å². The van der Waals surface area contributed by atoms with E-state index in [-0.39, 0.29) is 5.91 Å². The van der Waals surface area contributed by atoms with Crippen LogP contribution in [0.2, 0.25) is 0 Å². The number of aryl methyl sites for hydroxylation is 2. The van der Waals surface area contributed by atoms with Gasteiger partial charge in [0, 0.05) is 49.8 Å². The highest BCUT2D eigenvalue weighted by atomic mass is 16.2. The lowest BCUT2D eigenvalue weighted by Gasteiger charge is -2.31. The van der Waals surface area contributed by atoms with Crippen molar-refractivity contribution in [3.05, 3.63) is 40.2 Å². The average Bonchev–Trinajstić information content (AvgIpc) is 3.08. The van der Waals surface area contributed by atoms with Gasteiger partial charge in [0.2, 0.25) is 0 Å². The van der Waals surface area contributed by atoms with Crippen LogP contribution in [0.4, 0.5) is 0 Å². The van der Waals surface area contributed by atoms with Crippen LogP contribution >= 0.6 is 0 Å². The molecule has 0 saturated carbocycles. The highest BCUT2D eigenvalue weighted by molar-refractivity contribution is 5.94. The maximum Gasteiger partial charge on any atom is 0.272 e. The van der Waals surface area contributed by atoms with Crippen molar-refractivity contribution in [2.75, 3.05) is 26.7 Å². The van der Waals surface area contributed by atoms with Crippen LogP contribution in [-0.4, -0.2) is 62.1 Å². The van der Waals surface area contributed by atoms with Crippen LogP contribution in [0.1, 0.15) is 70.4 Å². The largest absolute Gasteiger partial charge is 0.332 e. The fraction of sp³-hybridized carbons (Fsp3) is 0.636. The van der Waals surface area contributed by atoms with Crippen molar-refractivity contribution < 1.29 is 4.79 Å². The van der Waals surface area contributed by atoms with Gasteiger partial charge in [0.05, 0.1) is 11.4 Å². The molecule has 1 saturated heterocycles. The minimum Gasteiger partial charge on any atom is -0.332 e. The third-order valence-corrected chi connectivity index (χ3v) is 6.84. The molecule has 29 heavy (non-hydrogen) atoms. The maximum absolute atomic E-state index is 13.3. The minimum atomic E-state index is 0.105. The monoisotopic (exact) mass is 394 g/mol. The van der Waals surface area contributed by atoms with Crippen LogP contribution in [0, 0.1) is 0 Å². The Bertz CT molecular complexity index is 928. The predicted octanol–water partition coefficient (Wildman–Crippen LogP) is 2.10. The molecular formula is C22H30N6O. The van der Waals surface area contributed by atoms with E-state index in [2.05, 4.69) is 17.0 Å². The standard InChI is InChI=1S/C22H30N6O/c1-26-10-7-15(8-11-26)21-23-13-16-14-28(12-9-18(16)24-21)22(29)20-17-5-3-4-6-19(17)25-27(20)2/h13,15H,3-12,14H2,1-2H3. The van der Waals surface area contributed by atoms with E-state index in [0.29, 0.717) is 12.5 Å². The molecule has 2 aromatic heterocycles. The number of carbonyl (C=O) groups excluding carboxylic acids is 1. The SMILES string of the molecule is CN1CCC(c2ncc3c(n2)CCN(C(=O)c2c4c(nn2C)CCCC4)C3)CC1. The molecule has 0 radical (unpaired) electrons. The van der Waals surface area contributed by atoms with Crippen molar-refractivity contribution in [1.29, 1.82) is 0 Å². The van der Waals surface area contributed by atoms with Crippen LogP contribution in [-0.2, 0) is 32.9 Å². The summed E-state index contributed by atoms with van der Waals surface area (Å²) in [6.07, 6.45) is 9.32. The van der Waals surface area contributed by atoms with Crippen LogP contribution in [0.5, 0.6) is 0 Å². The van der Waals surface area contributed by atoms with Crippen LogP contribution in [0.25, 0.3) is 0 Å². The van der Waals surface area contributed by atoms with Gasteiger partial charge >= 0.3 is 0 Å². The van der Waals surface area contributed by atoms with Gasteiger partial charge in [-0.05, 0) is 58.7 Å². The number of fused-ring (bicyclic) bond motifs is 2. The molecule has 0 N–H and O–H groups in total. The number of amides is 1. The molecule has 1 fully saturated rings. The predicted molar refractivity (Wildman–Crippen MR) is 110 cm³/mol. The van der Waals surface area contributed by atoms with E-state index in [4.69, 9.17) is 9.97 Å². The second kappa shape index (κ2) is 7.52. The molecule has 0 atom stereocenters. The fourth-order valence-corrected chi connectivity index (χ4v) is 5.07. The van der Waals surface area contributed by atoms with Gasteiger partial charge in [-0.3, -0.25) is 9.48 Å². The summed E-state index contributed by atoms with van der Waals surface area (Å²) in [4.78, 5) is 27.3. The highest BCUT2D eigenvalue weighted by Gasteiger charge is 2.30. The number of likely N-dealkylation sites (tertiary alicyclic amines) is 1. The number of hydrogen-bond donors (Lipinski definition) is 0. The van der Waals surface area contributed by atoms with Crippen molar-refractivity contribution in [1.82, 2.24) is 29.5 Å². The summed E-state index contributed by atoms with van der Waals surface area (Å²) in [5.41, 5.74) is 5.29. The van der Waals surface area contributed by atoms with Crippen molar-refractivity contribution in [3.8, 4) is 0 Å². The molecule has 7 nitrogen and oxygen atoms in total. The van der Waals surface area contributed by atoms with Crippen LogP contribution < -0.4 is 0 Å². The van der Waals surface area contributed by atoms with Crippen molar-refractivity contribution in [2.24, 2.45) is 7.05 Å². The van der Waals surface area contributed by atoms with Gasteiger partial charge in [0.1, 0.15) is 11.5 Å². The first kappa shape index (κ1) is 18.7. The summed E-state index contributed by atoms with van der Waals surface area (Å²) < 4.78 is 1.80. The third kappa shape index (κ3) is 3.45. The van der Waals surface area contributed by atoms with E-state index in [1.807, 2.05) is 18.1 Å². The van der Waals surface area contributed by atoms with Gasteiger partial charge in [-0.15, -0.1) is 0 Å². The Morgan fingerprint density at radius 1 is 1.03 bits per heavy atom. The van der Waals surface area contributed by atoms with Gasteiger partial charge in [0.25, 0.3) is 5.91 Å². The first-order chi connectivity index (χ1) is 14.1. The Balaban J connectivity index is 1.34. The topological polar surface area (TPSA) is 67.2 Å². The second-order valence-electron chi connectivity index (χ2n) is 8.86. The smallest absolute Gasteiger partial charge is 0.272 e. The maximum atomic E-state index is 13.3. The molecule has 4 heterocycles. The molecule has 154 valence electrons. The zero-order chi connectivity index (χ0) is 20.0. The van der Waals surface area contributed by atoms with Crippen molar-refractivity contribution >= 4 is 5.91 Å². The molecule has 7 heteroatoms. The van der Waals surface area contributed by atoms with E-state index in [0.717, 1.165) is 86.6 Å².